The molecule has 1 saturated heterocycles. The average Bonchev–Trinajstić information content (AvgIpc) is 3.01. The number of fused-ring (bicyclic) bond motifs is 1. The maximum absolute atomic E-state index is 13.1. The van der Waals surface area contributed by atoms with Gasteiger partial charge >= 0.3 is 6.29 Å². The smallest absolute Gasteiger partial charge is 0.395 e. The molecule has 0 aromatic heterocycles. The van der Waals surface area contributed by atoms with Gasteiger partial charge in [0.1, 0.15) is 0 Å². The Labute approximate surface area is 182 Å². The number of nitrogens with one attached hydrogen (secondary N) is 1. The van der Waals surface area contributed by atoms with E-state index >= 15 is 0 Å². The minimum absolute atomic E-state index is 0.0272. The molecule has 2 heterocycles. The zero-order chi connectivity index (χ0) is 22.2. The molecule has 2 aliphatic rings. The number of rotatable bonds is 5. The number of alkyl halides is 2. The molecule has 8 nitrogen and oxygen atoms in total. The Morgan fingerprint density at radius 2 is 1.68 bits per heavy atom. The van der Waals surface area contributed by atoms with Crippen molar-refractivity contribution in [3.8, 4) is 11.5 Å². The maximum Gasteiger partial charge on any atom is 0.586 e. The number of ether oxygens (including phenoxy) is 2. The molecule has 1 fully saturated rings. The highest BCUT2D eigenvalue weighted by molar-refractivity contribution is 7.89. The highest BCUT2D eigenvalue weighted by Crippen LogP contribution is 2.42. The summed E-state index contributed by atoms with van der Waals surface area (Å²) in [6.07, 6.45) is -3.73. The first-order valence-electron chi connectivity index (χ1n) is 9.30. The Hall–Kier alpha value is -2.47. The van der Waals surface area contributed by atoms with E-state index in [0.717, 1.165) is 0 Å². The van der Waals surface area contributed by atoms with Crippen molar-refractivity contribution in [1.82, 2.24) is 9.21 Å². The first kappa shape index (κ1) is 21.8. The number of nitrogens with zero attached hydrogens (tertiary/aromatic N) is 2. The lowest BCUT2D eigenvalue weighted by molar-refractivity contribution is -0.286. The molecule has 0 bridgehead atoms. The summed E-state index contributed by atoms with van der Waals surface area (Å²) in [5.74, 6) is -0.635. The molecule has 0 unspecified atom stereocenters. The molecule has 2 aliphatic heterocycles. The van der Waals surface area contributed by atoms with Crippen molar-refractivity contribution in [2.75, 3.05) is 38.0 Å². The minimum Gasteiger partial charge on any atom is -0.395 e. The van der Waals surface area contributed by atoms with Crippen LogP contribution in [0.5, 0.6) is 11.5 Å². The number of benzene rings is 2. The van der Waals surface area contributed by atoms with Crippen LogP contribution in [-0.2, 0) is 14.8 Å². The molecule has 1 amide bonds. The number of carbonyl (C=O) groups is 1. The largest absolute Gasteiger partial charge is 0.586 e. The Kier molecular flexibility index (Phi) is 5.77. The third kappa shape index (κ3) is 4.90. The summed E-state index contributed by atoms with van der Waals surface area (Å²) in [6.45, 7) is 1.23. The quantitative estimate of drug-likeness (QED) is 0.718. The van der Waals surface area contributed by atoms with Gasteiger partial charge in [0, 0.05) is 43.0 Å². The summed E-state index contributed by atoms with van der Waals surface area (Å²) in [5.41, 5.74) is 0.286. The van der Waals surface area contributed by atoms with Crippen LogP contribution in [0.25, 0.3) is 0 Å². The van der Waals surface area contributed by atoms with Crippen molar-refractivity contribution >= 4 is 33.2 Å². The van der Waals surface area contributed by atoms with Crippen LogP contribution in [0, 0.1) is 0 Å². The van der Waals surface area contributed by atoms with Crippen molar-refractivity contribution in [3.05, 3.63) is 47.5 Å². The number of amides is 1. The molecule has 0 spiro atoms. The van der Waals surface area contributed by atoms with Crippen LogP contribution in [0.4, 0.5) is 14.5 Å². The van der Waals surface area contributed by atoms with E-state index < -0.39 is 16.3 Å². The van der Waals surface area contributed by atoms with Crippen molar-refractivity contribution in [2.24, 2.45) is 0 Å². The summed E-state index contributed by atoms with van der Waals surface area (Å²) in [7, 11) is -3.63. The van der Waals surface area contributed by atoms with Crippen LogP contribution in [0.2, 0.25) is 5.02 Å². The molecule has 4 rings (SSSR count). The first-order valence-corrected chi connectivity index (χ1v) is 11.1. The Balaban J connectivity index is 1.30. The lowest BCUT2D eigenvalue weighted by Crippen LogP contribution is -2.50. The van der Waals surface area contributed by atoms with E-state index in [0.29, 0.717) is 18.1 Å². The zero-order valence-corrected chi connectivity index (χ0v) is 17.6. The van der Waals surface area contributed by atoms with Gasteiger partial charge in [-0.05, 0) is 36.4 Å². The van der Waals surface area contributed by atoms with Gasteiger partial charge in [0.05, 0.1) is 11.4 Å². The molecule has 166 valence electrons. The summed E-state index contributed by atoms with van der Waals surface area (Å²) >= 11 is 5.81. The first-order chi connectivity index (χ1) is 14.6. The summed E-state index contributed by atoms with van der Waals surface area (Å²) in [6, 6.07) is 9.92. The molecule has 2 aromatic rings. The molecule has 2 aromatic carbocycles. The predicted octanol–water partition coefficient (Wildman–Crippen LogP) is 2.61. The third-order valence-electron chi connectivity index (χ3n) is 4.83. The van der Waals surface area contributed by atoms with Gasteiger partial charge in [-0.25, -0.2) is 8.42 Å². The molecule has 0 saturated carbocycles. The van der Waals surface area contributed by atoms with Crippen LogP contribution in [-0.4, -0.2) is 62.5 Å². The summed E-state index contributed by atoms with van der Waals surface area (Å²) < 4.78 is 61.7. The van der Waals surface area contributed by atoms with Crippen LogP contribution in [0.15, 0.2) is 47.4 Å². The fourth-order valence-corrected chi connectivity index (χ4v) is 4.86. The maximum atomic E-state index is 13.1. The van der Waals surface area contributed by atoms with Crippen LogP contribution in [0.3, 0.4) is 0 Å². The second-order valence-corrected chi connectivity index (χ2v) is 9.39. The molecule has 31 heavy (non-hydrogen) atoms. The molecule has 0 atom stereocenters. The Morgan fingerprint density at radius 3 is 2.35 bits per heavy atom. The predicted molar refractivity (Wildman–Crippen MR) is 108 cm³/mol. The van der Waals surface area contributed by atoms with Crippen LogP contribution < -0.4 is 14.8 Å². The highest BCUT2D eigenvalue weighted by atomic mass is 35.5. The highest BCUT2D eigenvalue weighted by Gasteiger charge is 2.43. The molecule has 0 aliphatic carbocycles. The summed E-state index contributed by atoms with van der Waals surface area (Å²) in [5, 5.41) is 3.06. The number of hydrogen-bond donors (Lipinski definition) is 1. The molecule has 0 radical (unpaired) electrons. The van der Waals surface area contributed by atoms with Crippen LogP contribution in [0.1, 0.15) is 0 Å². The molecular formula is C19H18ClF2N3O5S. The number of sulfonamides is 1. The second kappa shape index (κ2) is 8.23. The van der Waals surface area contributed by atoms with Gasteiger partial charge in [0.2, 0.25) is 15.9 Å². The second-order valence-electron chi connectivity index (χ2n) is 7.01. The van der Waals surface area contributed by atoms with E-state index in [9.17, 15) is 22.0 Å². The fourth-order valence-electron chi connectivity index (χ4n) is 3.31. The van der Waals surface area contributed by atoms with Crippen molar-refractivity contribution in [2.45, 2.75) is 11.2 Å². The monoisotopic (exact) mass is 473 g/mol. The van der Waals surface area contributed by atoms with Gasteiger partial charge in [-0.15, -0.1) is 8.78 Å². The fraction of sp³-hybridized carbons (Fsp3) is 0.316. The lowest BCUT2D eigenvalue weighted by Gasteiger charge is -2.33. The Bertz CT molecular complexity index is 1090. The topological polar surface area (TPSA) is 88.2 Å². The van der Waals surface area contributed by atoms with E-state index in [1.165, 1.54) is 46.8 Å². The van der Waals surface area contributed by atoms with Crippen molar-refractivity contribution in [1.29, 1.82) is 0 Å². The van der Waals surface area contributed by atoms with Crippen LogP contribution >= 0.6 is 11.6 Å². The number of piperazine rings is 1. The number of halogens is 3. The normalized spacial score (nSPS) is 18.7. The van der Waals surface area contributed by atoms with E-state index in [2.05, 4.69) is 14.8 Å². The SMILES string of the molecule is O=C(CN1CCN(S(=O)(=O)c2ccc(Cl)cc2)CC1)Nc1ccc2c(c1)OC(F)(F)O2. The van der Waals surface area contributed by atoms with E-state index in [4.69, 9.17) is 11.6 Å². The number of carbonyl (C=O) groups excluding carboxylic acids is 1. The van der Waals surface area contributed by atoms with E-state index in [1.54, 1.807) is 0 Å². The van der Waals surface area contributed by atoms with Gasteiger partial charge in [0.15, 0.2) is 11.5 Å². The van der Waals surface area contributed by atoms with Gasteiger partial charge < -0.3 is 14.8 Å². The number of hydrogen-bond acceptors (Lipinski definition) is 6. The van der Waals surface area contributed by atoms with E-state index in [1.807, 2.05) is 4.90 Å². The third-order valence-corrected chi connectivity index (χ3v) is 7.00. The minimum atomic E-state index is -3.73. The molecular weight excluding hydrogens is 456 g/mol. The summed E-state index contributed by atoms with van der Waals surface area (Å²) in [4.78, 5) is 14.3. The average molecular weight is 474 g/mol. The molecule has 1 N–H and O–H groups in total. The standard InChI is InChI=1S/C19H18ClF2N3O5S/c20-13-1-4-15(5-2-13)31(27,28)25-9-7-24(8-10-25)12-18(26)23-14-3-6-16-17(11-14)30-19(21,22)29-16/h1-6,11H,7-10,12H2,(H,23,26). The number of anilines is 1. The van der Waals surface area contributed by atoms with Crippen molar-refractivity contribution in [3.63, 3.8) is 0 Å². The van der Waals surface area contributed by atoms with Gasteiger partial charge in [0.25, 0.3) is 0 Å². The lowest BCUT2D eigenvalue weighted by atomic mass is 10.2. The van der Waals surface area contributed by atoms with Gasteiger partial charge in [-0.3, -0.25) is 9.69 Å². The van der Waals surface area contributed by atoms with E-state index in [-0.39, 0.29) is 47.6 Å². The van der Waals surface area contributed by atoms with Gasteiger partial charge in [-0.1, -0.05) is 11.6 Å². The molecule has 12 heteroatoms. The Morgan fingerprint density at radius 1 is 1.03 bits per heavy atom. The van der Waals surface area contributed by atoms with Gasteiger partial charge in [-0.2, -0.15) is 4.31 Å². The zero-order valence-electron chi connectivity index (χ0n) is 16.1. The van der Waals surface area contributed by atoms with Crippen molar-refractivity contribution < 1.29 is 31.5 Å².